The molecule has 0 atom stereocenters. The standard InChI is InChI=1S/C15H9F7N2S/c16-6-3-8(17)9(23-4-6)5-24(7-1-2-7)25-15-13(21)11(19)10(18)12(20)14(15)22/h3-4,7H,1-2,5H2. The van der Waals surface area contributed by atoms with Crippen molar-refractivity contribution in [1.82, 2.24) is 9.29 Å². The van der Waals surface area contributed by atoms with Crippen LogP contribution in [0.25, 0.3) is 0 Å². The molecule has 2 nitrogen and oxygen atoms in total. The number of benzene rings is 1. The molecule has 0 N–H and O–H groups in total. The van der Waals surface area contributed by atoms with Crippen LogP contribution in [-0.4, -0.2) is 15.3 Å². The van der Waals surface area contributed by atoms with Crippen LogP contribution in [0.15, 0.2) is 17.2 Å². The van der Waals surface area contributed by atoms with E-state index in [2.05, 4.69) is 4.98 Å². The van der Waals surface area contributed by atoms with E-state index in [0.717, 1.165) is 6.20 Å². The van der Waals surface area contributed by atoms with Gasteiger partial charge in [0.15, 0.2) is 23.3 Å². The van der Waals surface area contributed by atoms with Gasteiger partial charge in [0.2, 0.25) is 5.82 Å². The van der Waals surface area contributed by atoms with Gasteiger partial charge in [0.1, 0.15) is 16.5 Å². The predicted octanol–water partition coefficient (Wildman–Crippen LogP) is 4.73. The Balaban J connectivity index is 1.91. The van der Waals surface area contributed by atoms with E-state index in [1.807, 2.05) is 0 Å². The fourth-order valence-electron chi connectivity index (χ4n) is 2.09. The number of pyridine rings is 1. The summed E-state index contributed by atoms with van der Waals surface area (Å²) in [4.78, 5) is 2.48. The zero-order chi connectivity index (χ0) is 18.3. The second kappa shape index (κ2) is 6.83. The molecule has 0 radical (unpaired) electrons. The predicted molar refractivity (Wildman–Crippen MR) is 74.8 cm³/mol. The molecule has 0 amide bonds. The minimum atomic E-state index is -2.25. The number of hydrogen-bond acceptors (Lipinski definition) is 3. The zero-order valence-electron chi connectivity index (χ0n) is 12.3. The normalized spacial score (nSPS) is 14.4. The summed E-state index contributed by atoms with van der Waals surface area (Å²) in [7, 11) is 0. The van der Waals surface area contributed by atoms with E-state index >= 15 is 0 Å². The molecule has 0 saturated heterocycles. The Hall–Kier alpha value is -1.81. The van der Waals surface area contributed by atoms with Crippen molar-refractivity contribution in [1.29, 1.82) is 0 Å². The summed E-state index contributed by atoms with van der Waals surface area (Å²) in [5.41, 5.74) is -0.204. The monoisotopic (exact) mass is 382 g/mol. The molecule has 0 unspecified atom stereocenters. The first-order valence-corrected chi connectivity index (χ1v) is 7.83. The lowest BCUT2D eigenvalue weighted by Gasteiger charge is -2.21. The van der Waals surface area contributed by atoms with Gasteiger partial charge in [-0.2, -0.15) is 0 Å². The number of rotatable bonds is 5. The van der Waals surface area contributed by atoms with E-state index in [0.29, 0.717) is 30.9 Å². The average molecular weight is 382 g/mol. The molecule has 134 valence electrons. The van der Waals surface area contributed by atoms with Crippen LogP contribution in [-0.2, 0) is 6.54 Å². The highest BCUT2D eigenvalue weighted by Crippen LogP contribution is 2.40. The molecule has 1 fully saturated rings. The van der Waals surface area contributed by atoms with Gasteiger partial charge in [0.25, 0.3) is 0 Å². The Morgan fingerprint density at radius 3 is 2.00 bits per heavy atom. The third-order valence-corrected chi connectivity index (χ3v) is 4.72. The van der Waals surface area contributed by atoms with Crippen LogP contribution in [0, 0.1) is 40.7 Å². The van der Waals surface area contributed by atoms with Gasteiger partial charge >= 0.3 is 0 Å². The Morgan fingerprint density at radius 1 is 0.920 bits per heavy atom. The minimum absolute atomic E-state index is 0.204. The number of hydrogen-bond donors (Lipinski definition) is 0. The van der Waals surface area contributed by atoms with Crippen LogP contribution in [0.5, 0.6) is 0 Å². The third-order valence-electron chi connectivity index (χ3n) is 3.52. The second-order valence-corrected chi connectivity index (χ2v) is 6.44. The fourth-order valence-corrected chi connectivity index (χ4v) is 3.21. The van der Waals surface area contributed by atoms with Gasteiger partial charge in [-0.1, -0.05) is 0 Å². The Labute approximate surface area is 141 Å². The Kier molecular flexibility index (Phi) is 4.92. The molecule has 1 aliphatic carbocycles. The molecule has 1 aliphatic rings. The van der Waals surface area contributed by atoms with Crippen LogP contribution in [0.3, 0.4) is 0 Å². The van der Waals surface area contributed by atoms with Crippen molar-refractivity contribution < 1.29 is 30.7 Å². The van der Waals surface area contributed by atoms with Crippen LogP contribution in [0.1, 0.15) is 18.5 Å². The van der Waals surface area contributed by atoms with Crippen molar-refractivity contribution in [3.05, 3.63) is 58.7 Å². The van der Waals surface area contributed by atoms with Crippen molar-refractivity contribution >= 4 is 11.9 Å². The highest BCUT2D eigenvalue weighted by molar-refractivity contribution is 7.97. The van der Waals surface area contributed by atoms with Crippen molar-refractivity contribution in [2.24, 2.45) is 0 Å². The highest BCUT2D eigenvalue weighted by atomic mass is 32.2. The third kappa shape index (κ3) is 3.59. The Bertz CT molecular complexity index is 797. The first-order chi connectivity index (χ1) is 11.8. The summed E-state index contributed by atoms with van der Waals surface area (Å²) in [6.45, 7) is -0.291. The molecule has 25 heavy (non-hydrogen) atoms. The van der Waals surface area contributed by atoms with E-state index in [1.165, 1.54) is 4.31 Å². The molecule has 1 heterocycles. The Morgan fingerprint density at radius 2 is 1.48 bits per heavy atom. The first-order valence-electron chi connectivity index (χ1n) is 7.05. The van der Waals surface area contributed by atoms with Gasteiger partial charge in [-0.05, 0) is 24.8 Å². The topological polar surface area (TPSA) is 16.1 Å². The maximum Gasteiger partial charge on any atom is 0.200 e. The largest absolute Gasteiger partial charge is 0.254 e. The summed E-state index contributed by atoms with van der Waals surface area (Å²) < 4.78 is 95.2. The van der Waals surface area contributed by atoms with E-state index in [4.69, 9.17) is 0 Å². The number of nitrogens with zero attached hydrogens (tertiary/aromatic N) is 2. The van der Waals surface area contributed by atoms with Gasteiger partial charge < -0.3 is 0 Å². The molecule has 1 saturated carbocycles. The molecular formula is C15H9F7N2S. The van der Waals surface area contributed by atoms with Crippen LogP contribution in [0.2, 0.25) is 0 Å². The highest BCUT2D eigenvalue weighted by Gasteiger charge is 2.34. The second-order valence-electron chi connectivity index (χ2n) is 5.38. The summed E-state index contributed by atoms with van der Waals surface area (Å²) in [5.74, 6) is -12.1. The molecule has 2 aromatic rings. The minimum Gasteiger partial charge on any atom is -0.254 e. The molecule has 1 aromatic heterocycles. The maximum atomic E-state index is 13.8. The molecule has 0 bridgehead atoms. The summed E-state index contributed by atoms with van der Waals surface area (Å²) in [6, 6.07) is 0.349. The quantitative estimate of drug-likeness (QED) is 0.322. The van der Waals surface area contributed by atoms with E-state index in [1.54, 1.807) is 0 Å². The van der Waals surface area contributed by atoms with Gasteiger partial charge in [-0.15, -0.1) is 0 Å². The van der Waals surface area contributed by atoms with Crippen molar-refractivity contribution in [2.75, 3.05) is 0 Å². The molecule has 3 rings (SSSR count). The summed E-state index contributed by atoms with van der Waals surface area (Å²) in [6.07, 6.45) is 1.98. The lowest BCUT2D eigenvalue weighted by atomic mass is 10.3. The molecule has 1 aromatic carbocycles. The van der Waals surface area contributed by atoms with Gasteiger partial charge in [0, 0.05) is 12.1 Å². The van der Waals surface area contributed by atoms with E-state index in [9.17, 15) is 30.7 Å². The van der Waals surface area contributed by atoms with Crippen molar-refractivity contribution in [3.63, 3.8) is 0 Å². The maximum absolute atomic E-state index is 13.8. The lowest BCUT2D eigenvalue weighted by molar-refractivity contribution is 0.357. The zero-order valence-corrected chi connectivity index (χ0v) is 13.1. The van der Waals surface area contributed by atoms with Crippen molar-refractivity contribution in [3.8, 4) is 0 Å². The van der Waals surface area contributed by atoms with Crippen LogP contribution in [0.4, 0.5) is 30.7 Å². The van der Waals surface area contributed by atoms with Crippen molar-refractivity contribution in [2.45, 2.75) is 30.3 Å². The van der Waals surface area contributed by atoms with Gasteiger partial charge in [-0.25, -0.2) is 35.0 Å². The lowest BCUT2D eigenvalue weighted by Crippen LogP contribution is -2.20. The smallest absolute Gasteiger partial charge is 0.200 e. The molecule has 10 heteroatoms. The summed E-state index contributed by atoms with van der Waals surface area (Å²) in [5, 5.41) is 0. The first kappa shape index (κ1) is 18.0. The fraction of sp³-hybridized carbons (Fsp3) is 0.267. The van der Waals surface area contributed by atoms with Crippen LogP contribution >= 0.6 is 11.9 Å². The van der Waals surface area contributed by atoms with E-state index in [-0.39, 0.29) is 18.3 Å². The number of halogens is 7. The van der Waals surface area contributed by atoms with Crippen LogP contribution < -0.4 is 0 Å². The summed E-state index contributed by atoms with van der Waals surface area (Å²) >= 11 is 0.294. The van der Waals surface area contributed by atoms with E-state index < -0.39 is 45.6 Å². The average Bonchev–Trinajstić information content (AvgIpc) is 3.41. The molecule has 0 spiro atoms. The molecular weight excluding hydrogens is 373 g/mol. The number of aromatic nitrogens is 1. The van der Waals surface area contributed by atoms with Gasteiger partial charge in [0.05, 0.1) is 18.4 Å². The van der Waals surface area contributed by atoms with Gasteiger partial charge in [-0.3, -0.25) is 4.98 Å². The molecule has 0 aliphatic heterocycles. The SMILES string of the molecule is Fc1cnc(CN(Sc2c(F)c(F)c(F)c(F)c2F)C2CC2)c(F)c1.